The Morgan fingerprint density at radius 2 is 1.96 bits per heavy atom. The summed E-state index contributed by atoms with van der Waals surface area (Å²) in [6, 6.07) is 7.62. The van der Waals surface area contributed by atoms with Crippen molar-refractivity contribution < 1.29 is 9.53 Å². The first-order valence-corrected chi connectivity index (χ1v) is 9.18. The molecule has 0 aliphatic heterocycles. The number of hydrogen-bond donors (Lipinski definition) is 0. The largest absolute Gasteiger partial charge is 0.466 e. The fraction of sp³-hybridized carbons (Fsp3) is 0.333. The van der Waals surface area contributed by atoms with Crippen molar-refractivity contribution in [2.24, 2.45) is 14.1 Å². The fourth-order valence-electron chi connectivity index (χ4n) is 2.96. The molecule has 0 N–H and O–H groups in total. The summed E-state index contributed by atoms with van der Waals surface area (Å²) in [4.78, 5) is 41.4. The zero-order valence-electron chi connectivity index (χ0n) is 15.2. The van der Waals surface area contributed by atoms with Crippen LogP contribution in [0.4, 0.5) is 0 Å². The van der Waals surface area contributed by atoms with Crippen LogP contribution in [0.5, 0.6) is 0 Å². The smallest absolute Gasteiger partial charge is 0.332 e. The van der Waals surface area contributed by atoms with Crippen molar-refractivity contribution in [2.75, 3.05) is 6.61 Å². The standard InChI is InChI=1S/C18H19BrN4O4/c1-4-27-14(24)9-13-20-16-15(17(25)22(3)18(26)21(16)2)23(13)10-11-6-5-7-12(19)8-11/h5-8H,4,9-10H2,1-3H3. The van der Waals surface area contributed by atoms with Crippen molar-refractivity contribution in [1.29, 1.82) is 0 Å². The van der Waals surface area contributed by atoms with Gasteiger partial charge in [-0.1, -0.05) is 28.1 Å². The molecule has 0 amide bonds. The highest BCUT2D eigenvalue weighted by molar-refractivity contribution is 9.10. The molecule has 9 heteroatoms. The molecule has 3 aromatic rings. The van der Waals surface area contributed by atoms with E-state index in [1.807, 2.05) is 24.3 Å². The molecule has 142 valence electrons. The first-order valence-electron chi connectivity index (χ1n) is 8.38. The lowest BCUT2D eigenvalue weighted by Crippen LogP contribution is -2.37. The van der Waals surface area contributed by atoms with Crippen molar-refractivity contribution in [3.8, 4) is 0 Å². The van der Waals surface area contributed by atoms with E-state index >= 15 is 0 Å². The van der Waals surface area contributed by atoms with Crippen LogP contribution in [0.1, 0.15) is 18.3 Å². The van der Waals surface area contributed by atoms with Gasteiger partial charge in [0.25, 0.3) is 5.56 Å². The molecule has 2 aromatic heterocycles. The van der Waals surface area contributed by atoms with Crippen LogP contribution in [0.25, 0.3) is 11.2 Å². The monoisotopic (exact) mass is 434 g/mol. The number of imidazole rings is 1. The highest BCUT2D eigenvalue weighted by atomic mass is 79.9. The van der Waals surface area contributed by atoms with Crippen LogP contribution in [-0.2, 0) is 36.6 Å². The maximum absolute atomic E-state index is 12.8. The molecule has 0 aliphatic rings. The molecule has 3 rings (SSSR count). The Morgan fingerprint density at radius 3 is 2.63 bits per heavy atom. The van der Waals surface area contributed by atoms with Gasteiger partial charge in [0, 0.05) is 25.1 Å². The van der Waals surface area contributed by atoms with Gasteiger partial charge >= 0.3 is 11.7 Å². The van der Waals surface area contributed by atoms with E-state index in [0.29, 0.717) is 12.4 Å². The molecule has 0 atom stereocenters. The van der Waals surface area contributed by atoms with Gasteiger partial charge in [-0.15, -0.1) is 0 Å². The van der Waals surface area contributed by atoms with E-state index in [-0.39, 0.29) is 24.2 Å². The highest BCUT2D eigenvalue weighted by Gasteiger charge is 2.21. The first kappa shape index (κ1) is 19.1. The third kappa shape index (κ3) is 3.59. The SMILES string of the molecule is CCOC(=O)Cc1nc2c(c(=O)n(C)c(=O)n2C)n1Cc1cccc(Br)c1. The van der Waals surface area contributed by atoms with Gasteiger partial charge < -0.3 is 9.30 Å². The number of benzene rings is 1. The van der Waals surface area contributed by atoms with E-state index in [4.69, 9.17) is 4.74 Å². The van der Waals surface area contributed by atoms with E-state index in [1.165, 1.54) is 11.6 Å². The number of aromatic nitrogens is 4. The van der Waals surface area contributed by atoms with Gasteiger partial charge in [0.1, 0.15) is 12.2 Å². The average molecular weight is 435 g/mol. The van der Waals surface area contributed by atoms with Crippen molar-refractivity contribution in [2.45, 2.75) is 19.9 Å². The van der Waals surface area contributed by atoms with E-state index < -0.39 is 17.2 Å². The molecule has 0 saturated carbocycles. The second-order valence-corrected chi connectivity index (χ2v) is 7.02. The van der Waals surface area contributed by atoms with Crippen LogP contribution in [0.15, 0.2) is 38.3 Å². The fourth-order valence-corrected chi connectivity index (χ4v) is 3.40. The van der Waals surface area contributed by atoms with Crippen molar-refractivity contribution in [1.82, 2.24) is 18.7 Å². The minimum absolute atomic E-state index is 0.0894. The molecule has 0 radical (unpaired) electrons. The Balaban J connectivity index is 2.24. The van der Waals surface area contributed by atoms with Gasteiger partial charge in [0.15, 0.2) is 11.2 Å². The number of halogens is 1. The minimum Gasteiger partial charge on any atom is -0.466 e. The maximum Gasteiger partial charge on any atom is 0.332 e. The summed E-state index contributed by atoms with van der Waals surface area (Å²) in [5.41, 5.74) is 0.522. The Bertz CT molecular complexity index is 1140. The predicted octanol–water partition coefficient (Wildman–Crippen LogP) is 1.35. The summed E-state index contributed by atoms with van der Waals surface area (Å²) in [7, 11) is 2.97. The second-order valence-electron chi connectivity index (χ2n) is 6.10. The molecule has 0 unspecified atom stereocenters. The molecule has 0 saturated heterocycles. The Kier molecular flexibility index (Phi) is 5.31. The van der Waals surface area contributed by atoms with Crippen LogP contribution in [0.3, 0.4) is 0 Å². The zero-order chi connectivity index (χ0) is 19.7. The van der Waals surface area contributed by atoms with Gasteiger partial charge in [-0.2, -0.15) is 0 Å². The summed E-state index contributed by atoms with van der Waals surface area (Å²) < 4.78 is 9.94. The molecular formula is C18H19BrN4O4. The summed E-state index contributed by atoms with van der Waals surface area (Å²) in [5.74, 6) is -0.0631. The highest BCUT2D eigenvalue weighted by Crippen LogP contribution is 2.17. The zero-order valence-corrected chi connectivity index (χ0v) is 16.8. The molecule has 0 bridgehead atoms. The number of rotatable bonds is 5. The molecule has 0 spiro atoms. The van der Waals surface area contributed by atoms with Crippen molar-refractivity contribution in [3.63, 3.8) is 0 Å². The third-order valence-corrected chi connectivity index (χ3v) is 4.76. The van der Waals surface area contributed by atoms with E-state index in [0.717, 1.165) is 14.6 Å². The third-order valence-electron chi connectivity index (χ3n) is 4.26. The van der Waals surface area contributed by atoms with E-state index in [1.54, 1.807) is 18.5 Å². The summed E-state index contributed by atoms with van der Waals surface area (Å²) >= 11 is 3.43. The van der Waals surface area contributed by atoms with E-state index in [9.17, 15) is 14.4 Å². The molecule has 27 heavy (non-hydrogen) atoms. The maximum atomic E-state index is 12.8. The second kappa shape index (κ2) is 7.51. The topological polar surface area (TPSA) is 88.1 Å². The Hall–Kier alpha value is -2.68. The number of aryl methyl sites for hydroxylation is 1. The molecule has 0 aliphatic carbocycles. The van der Waals surface area contributed by atoms with Gasteiger partial charge in [-0.25, -0.2) is 9.78 Å². The number of esters is 1. The lowest BCUT2D eigenvalue weighted by molar-refractivity contribution is -0.142. The predicted molar refractivity (Wildman–Crippen MR) is 104 cm³/mol. The van der Waals surface area contributed by atoms with Crippen LogP contribution in [-0.4, -0.2) is 31.3 Å². The molecular weight excluding hydrogens is 416 g/mol. The van der Waals surface area contributed by atoms with E-state index in [2.05, 4.69) is 20.9 Å². The summed E-state index contributed by atoms with van der Waals surface area (Å²) in [5, 5.41) is 0. The normalized spacial score (nSPS) is 11.1. The molecule has 2 heterocycles. The Morgan fingerprint density at radius 1 is 1.22 bits per heavy atom. The Labute approximate surface area is 163 Å². The summed E-state index contributed by atoms with van der Waals surface area (Å²) in [6.45, 7) is 2.31. The van der Waals surface area contributed by atoms with Crippen molar-refractivity contribution in [3.05, 3.63) is 61.0 Å². The number of carbonyl (C=O) groups excluding carboxylic acids is 1. The number of hydrogen-bond acceptors (Lipinski definition) is 5. The number of ether oxygens (including phenoxy) is 1. The first-order chi connectivity index (χ1) is 12.8. The van der Waals surface area contributed by atoms with Crippen LogP contribution in [0, 0.1) is 0 Å². The molecule has 0 fully saturated rings. The number of fused-ring (bicyclic) bond motifs is 1. The lowest BCUT2D eigenvalue weighted by atomic mass is 10.2. The van der Waals surface area contributed by atoms with Gasteiger partial charge in [0.05, 0.1) is 6.61 Å². The van der Waals surface area contributed by atoms with Crippen LogP contribution in [0.2, 0.25) is 0 Å². The van der Waals surface area contributed by atoms with Gasteiger partial charge in [-0.3, -0.25) is 18.7 Å². The van der Waals surface area contributed by atoms with Crippen LogP contribution < -0.4 is 11.2 Å². The van der Waals surface area contributed by atoms with Crippen molar-refractivity contribution >= 4 is 33.1 Å². The van der Waals surface area contributed by atoms with Gasteiger partial charge in [0.2, 0.25) is 0 Å². The molecule has 8 nitrogen and oxygen atoms in total. The minimum atomic E-state index is -0.470. The number of nitrogens with zero attached hydrogens (tertiary/aromatic N) is 4. The molecule has 1 aromatic carbocycles. The average Bonchev–Trinajstić information content (AvgIpc) is 2.96. The van der Waals surface area contributed by atoms with Crippen LogP contribution >= 0.6 is 15.9 Å². The quantitative estimate of drug-likeness (QED) is 0.565. The van der Waals surface area contributed by atoms with Gasteiger partial charge in [-0.05, 0) is 24.6 Å². The number of carbonyl (C=O) groups is 1. The summed E-state index contributed by atoms with van der Waals surface area (Å²) in [6.07, 6.45) is -0.0894. The lowest BCUT2D eigenvalue weighted by Gasteiger charge is -2.10.